The predicted molar refractivity (Wildman–Crippen MR) is 133 cm³/mol. The van der Waals surface area contributed by atoms with E-state index in [9.17, 15) is 19.6 Å². The van der Waals surface area contributed by atoms with Gasteiger partial charge in [-0.15, -0.1) is 4.91 Å². The summed E-state index contributed by atoms with van der Waals surface area (Å²) in [7, 11) is 1.26. The van der Waals surface area contributed by atoms with Gasteiger partial charge in [0.2, 0.25) is 0 Å². The second kappa shape index (κ2) is 12.0. The minimum absolute atomic E-state index is 0.0251. The van der Waals surface area contributed by atoms with E-state index in [0.717, 1.165) is 5.56 Å². The Kier molecular flexibility index (Phi) is 8.82. The van der Waals surface area contributed by atoms with Crippen LogP contribution in [0.1, 0.15) is 34.3 Å². The third-order valence-electron chi connectivity index (χ3n) is 6.35. The Morgan fingerprint density at radius 2 is 2.00 bits per heavy atom. The number of phenols is 1. The van der Waals surface area contributed by atoms with Gasteiger partial charge in [0.05, 0.1) is 13.7 Å². The number of nitroso groups, excluding NO2 is 1. The van der Waals surface area contributed by atoms with Crippen LogP contribution in [0.15, 0.2) is 41.6 Å². The van der Waals surface area contributed by atoms with E-state index >= 15 is 0 Å². The summed E-state index contributed by atoms with van der Waals surface area (Å²) in [4.78, 5) is 38.0. The van der Waals surface area contributed by atoms with Crippen LogP contribution in [-0.2, 0) is 16.0 Å². The first-order chi connectivity index (χ1) is 17.2. The SMILES string of the molecule is COC(=O)[C@@H](NC(=O)c1cc(O)c(C)c(OCCc2cccc(N=O)c2)c1)C1CCN(C(=N)N)CC1. The van der Waals surface area contributed by atoms with Gasteiger partial charge in [0.25, 0.3) is 5.91 Å². The van der Waals surface area contributed by atoms with Crippen LogP contribution in [0.2, 0.25) is 0 Å². The lowest BCUT2D eigenvalue weighted by Crippen LogP contribution is -2.51. The molecule has 2 aromatic rings. The number of nitrogens with two attached hydrogens (primary N) is 1. The number of nitrogens with one attached hydrogen (secondary N) is 2. The summed E-state index contributed by atoms with van der Waals surface area (Å²) in [5.74, 6) is -1.12. The Labute approximate surface area is 209 Å². The molecule has 0 aromatic heterocycles. The summed E-state index contributed by atoms with van der Waals surface area (Å²) in [5.41, 5.74) is 7.34. The van der Waals surface area contributed by atoms with Crippen molar-refractivity contribution in [1.82, 2.24) is 10.2 Å². The van der Waals surface area contributed by atoms with Crippen LogP contribution in [-0.4, -0.2) is 60.7 Å². The lowest BCUT2D eigenvalue weighted by Gasteiger charge is -2.35. The number of guanidine groups is 1. The molecule has 36 heavy (non-hydrogen) atoms. The van der Waals surface area contributed by atoms with Crippen molar-refractivity contribution in [2.75, 3.05) is 26.8 Å². The highest BCUT2D eigenvalue weighted by molar-refractivity contribution is 5.97. The molecule has 1 saturated heterocycles. The molecule has 0 saturated carbocycles. The normalized spacial score (nSPS) is 14.6. The number of hydrogen-bond acceptors (Lipinski definition) is 8. The van der Waals surface area contributed by atoms with E-state index in [1.165, 1.54) is 19.2 Å². The highest BCUT2D eigenvalue weighted by Crippen LogP contribution is 2.30. The standard InChI is InChI=1S/C25H31N5O6/c1-15-20(31)13-18(14-21(15)36-11-8-16-4-3-5-19(12-16)29-34)23(32)28-22(24(33)35-2)17-6-9-30(10-7-17)25(26)27/h3-5,12-14,17,22,31H,6-11H2,1-2H3,(H3,26,27)(H,28,32)/t22-/m0/s1. The number of rotatable bonds is 9. The number of hydrogen-bond donors (Lipinski definition) is 4. The molecule has 0 unspecified atom stereocenters. The zero-order valence-corrected chi connectivity index (χ0v) is 20.3. The molecule has 0 spiro atoms. The van der Waals surface area contributed by atoms with E-state index in [0.29, 0.717) is 49.4 Å². The van der Waals surface area contributed by atoms with Gasteiger partial charge in [-0.2, -0.15) is 0 Å². The first-order valence-electron chi connectivity index (χ1n) is 11.6. The molecule has 1 heterocycles. The van der Waals surface area contributed by atoms with Gasteiger partial charge in [-0.25, -0.2) is 4.79 Å². The number of methoxy groups -OCH3 is 1. The van der Waals surface area contributed by atoms with Crippen LogP contribution in [0.25, 0.3) is 0 Å². The summed E-state index contributed by atoms with van der Waals surface area (Å²) in [6.45, 7) is 2.91. The number of phenolic OH excluding ortho intramolecular Hbond substituents is 1. The Hall–Kier alpha value is -4.15. The fourth-order valence-corrected chi connectivity index (χ4v) is 4.20. The van der Waals surface area contributed by atoms with E-state index < -0.39 is 17.9 Å². The van der Waals surface area contributed by atoms with Gasteiger partial charge in [0.15, 0.2) is 5.96 Å². The second-order valence-electron chi connectivity index (χ2n) is 8.66. The summed E-state index contributed by atoms with van der Waals surface area (Å²) < 4.78 is 10.8. The number of aromatic hydroxyl groups is 1. The predicted octanol–water partition coefficient (Wildman–Crippen LogP) is 2.60. The lowest BCUT2D eigenvalue weighted by molar-refractivity contribution is -0.144. The highest BCUT2D eigenvalue weighted by atomic mass is 16.5. The molecular weight excluding hydrogens is 466 g/mol. The monoisotopic (exact) mass is 497 g/mol. The van der Waals surface area contributed by atoms with Crippen molar-refractivity contribution in [3.63, 3.8) is 0 Å². The molecule has 192 valence electrons. The zero-order valence-electron chi connectivity index (χ0n) is 20.3. The number of nitrogens with zero attached hydrogens (tertiary/aromatic N) is 2. The largest absolute Gasteiger partial charge is 0.508 e. The van der Waals surface area contributed by atoms with Crippen LogP contribution in [0, 0.1) is 23.2 Å². The topological polar surface area (TPSA) is 167 Å². The lowest BCUT2D eigenvalue weighted by atomic mass is 9.89. The molecule has 0 aliphatic carbocycles. The third kappa shape index (κ3) is 6.49. The summed E-state index contributed by atoms with van der Waals surface area (Å²) >= 11 is 0. The van der Waals surface area contributed by atoms with Crippen molar-refractivity contribution < 1.29 is 24.2 Å². The zero-order chi connectivity index (χ0) is 26.2. The first-order valence-corrected chi connectivity index (χ1v) is 11.6. The number of carbonyl (C=O) groups excluding carboxylic acids is 2. The van der Waals surface area contributed by atoms with Gasteiger partial charge < -0.3 is 30.5 Å². The van der Waals surface area contributed by atoms with Crippen molar-refractivity contribution in [2.45, 2.75) is 32.2 Å². The van der Waals surface area contributed by atoms with Crippen LogP contribution in [0.5, 0.6) is 11.5 Å². The summed E-state index contributed by atoms with van der Waals surface area (Å²) in [6.07, 6.45) is 1.59. The minimum atomic E-state index is -0.886. The van der Waals surface area contributed by atoms with Gasteiger partial charge >= 0.3 is 5.97 Å². The van der Waals surface area contributed by atoms with Crippen LogP contribution < -0.4 is 15.8 Å². The number of piperidine rings is 1. The molecule has 11 nitrogen and oxygen atoms in total. The Bertz CT molecular complexity index is 1130. The molecule has 11 heteroatoms. The smallest absolute Gasteiger partial charge is 0.328 e. The molecular formula is C25H31N5O6. The number of carbonyl (C=O) groups is 2. The number of ether oxygens (including phenoxy) is 2. The summed E-state index contributed by atoms with van der Waals surface area (Å²) in [5, 5.41) is 23.6. The number of benzene rings is 2. The molecule has 0 bridgehead atoms. The fraction of sp³-hybridized carbons (Fsp3) is 0.400. The van der Waals surface area contributed by atoms with Crippen molar-refractivity contribution >= 4 is 23.5 Å². The molecule has 5 N–H and O–H groups in total. The Balaban J connectivity index is 1.70. The molecule has 3 rings (SSSR count). The van der Waals surface area contributed by atoms with Crippen LogP contribution in [0.4, 0.5) is 5.69 Å². The van der Waals surface area contributed by atoms with Gasteiger partial charge in [0, 0.05) is 30.6 Å². The summed E-state index contributed by atoms with van der Waals surface area (Å²) in [6, 6.07) is 8.80. The van der Waals surface area contributed by atoms with E-state index in [1.54, 1.807) is 30.0 Å². The molecule has 1 aliphatic rings. The van der Waals surface area contributed by atoms with Crippen molar-refractivity contribution in [1.29, 1.82) is 5.41 Å². The molecule has 1 atom stereocenters. The van der Waals surface area contributed by atoms with Gasteiger partial charge in [-0.05, 0) is 60.7 Å². The van der Waals surface area contributed by atoms with Gasteiger partial charge in [-0.3, -0.25) is 10.2 Å². The second-order valence-corrected chi connectivity index (χ2v) is 8.66. The average Bonchev–Trinajstić information content (AvgIpc) is 2.89. The van der Waals surface area contributed by atoms with E-state index in [1.807, 2.05) is 6.07 Å². The van der Waals surface area contributed by atoms with Crippen molar-refractivity contribution in [3.8, 4) is 11.5 Å². The van der Waals surface area contributed by atoms with Crippen LogP contribution in [0.3, 0.4) is 0 Å². The molecule has 1 amide bonds. The molecule has 0 radical (unpaired) electrons. The fourth-order valence-electron chi connectivity index (χ4n) is 4.20. The number of amides is 1. The molecule has 1 fully saturated rings. The highest BCUT2D eigenvalue weighted by Gasteiger charge is 2.34. The first kappa shape index (κ1) is 26.5. The Morgan fingerprint density at radius 1 is 1.28 bits per heavy atom. The minimum Gasteiger partial charge on any atom is -0.508 e. The third-order valence-corrected chi connectivity index (χ3v) is 6.35. The van der Waals surface area contributed by atoms with Gasteiger partial charge in [0.1, 0.15) is 23.2 Å². The van der Waals surface area contributed by atoms with E-state index in [2.05, 4.69) is 10.5 Å². The average molecular weight is 498 g/mol. The number of likely N-dealkylation sites (tertiary alicyclic amines) is 1. The maximum Gasteiger partial charge on any atom is 0.328 e. The molecule has 1 aliphatic heterocycles. The maximum atomic E-state index is 13.1. The molecule has 2 aromatic carbocycles. The van der Waals surface area contributed by atoms with Crippen LogP contribution >= 0.6 is 0 Å². The number of esters is 1. The quantitative estimate of drug-likeness (QED) is 0.177. The Morgan fingerprint density at radius 3 is 2.64 bits per heavy atom. The van der Waals surface area contributed by atoms with E-state index in [-0.39, 0.29) is 29.8 Å². The van der Waals surface area contributed by atoms with Gasteiger partial charge in [-0.1, -0.05) is 12.1 Å². The van der Waals surface area contributed by atoms with E-state index in [4.69, 9.17) is 20.6 Å². The maximum absolute atomic E-state index is 13.1. The van der Waals surface area contributed by atoms with Crippen molar-refractivity contribution in [2.24, 2.45) is 16.8 Å². The van der Waals surface area contributed by atoms with Crippen molar-refractivity contribution in [3.05, 3.63) is 58.0 Å².